The molecule has 12 nitrogen and oxygen atoms in total. The van der Waals surface area contributed by atoms with Crippen molar-refractivity contribution in [2.24, 2.45) is 17.8 Å². The standard InChI is InChI=1S/C37H57N5O7S/c1-8-24(4)33(42-32(44)17-13-10-14-18-38-7)35(46)40-29(23(2)3)21-31(49-26(6)43)36-41-30(22-50-36)34(45)39-28(19-25(5)37(47)48)20-27-15-11-9-12-16-27/h9,11-12,15-16,22-25,28-29,31,33,38H,8,10,13-14,17-21H2,1-7H3,(H,39,45)(H,40,46)(H,42,44)(H,47,48)/t24-,25-,28+,29+,31+,33-/m0/s1. The van der Waals surface area contributed by atoms with Gasteiger partial charge in [-0.05, 0) is 56.7 Å². The minimum atomic E-state index is -0.946. The fraction of sp³-hybridized carbons (Fsp3) is 0.622. The zero-order valence-corrected chi connectivity index (χ0v) is 31.4. The normalized spacial score (nSPS) is 14.9. The Morgan fingerprint density at radius 1 is 0.940 bits per heavy atom. The molecule has 0 bridgehead atoms. The van der Waals surface area contributed by atoms with Crippen LogP contribution in [0.25, 0.3) is 0 Å². The largest absolute Gasteiger partial charge is 0.481 e. The van der Waals surface area contributed by atoms with E-state index in [9.17, 15) is 29.1 Å². The third kappa shape index (κ3) is 15.0. The lowest BCUT2D eigenvalue weighted by molar-refractivity contribution is -0.147. The number of carboxylic acids is 1. The van der Waals surface area contributed by atoms with E-state index in [0.29, 0.717) is 24.3 Å². The van der Waals surface area contributed by atoms with Crippen LogP contribution in [0, 0.1) is 17.8 Å². The van der Waals surface area contributed by atoms with E-state index in [0.717, 1.165) is 31.4 Å². The minimum Gasteiger partial charge on any atom is -0.481 e. The summed E-state index contributed by atoms with van der Waals surface area (Å²) in [6, 6.07) is 7.89. The van der Waals surface area contributed by atoms with Gasteiger partial charge in [0, 0.05) is 37.2 Å². The van der Waals surface area contributed by atoms with Crippen LogP contribution in [-0.2, 0) is 30.3 Å². The summed E-state index contributed by atoms with van der Waals surface area (Å²) >= 11 is 1.17. The molecule has 5 N–H and O–H groups in total. The second kappa shape index (κ2) is 22.1. The lowest BCUT2D eigenvalue weighted by Crippen LogP contribution is -2.53. The van der Waals surface area contributed by atoms with E-state index in [4.69, 9.17) is 4.74 Å². The van der Waals surface area contributed by atoms with Gasteiger partial charge in [-0.1, -0.05) is 77.8 Å². The predicted molar refractivity (Wildman–Crippen MR) is 195 cm³/mol. The lowest BCUT2D eigenvalue weighted by Gasteiger charge is -2.30. The number of nitrogens with zero attached hydrogens (tertiary/aromatic N) is 1. The summed E-state index contributed by atoms with van der Waals surface area (Å²) in [7, 11) is 1.89. The number of nitrogens with one attached hydrogen (secondary N) is 4. The Morgan fingerprint density at radius 2 is 1.64 bits per heavy atom. The molecule has 0 aliphatic heterocycles. The molecule has 0 saturated heterocycles. The van der Waals surface area contributed by atoms with Gasteiger partial charge in [0.2, 0.25) is 11.8 Å². The van der Waals surface area contributed by atoms with Crippen LogP contribution in [0.2, 0.25) is 0 Å². The number of thiazole rings is 1. The van der Waals surface area contributed by atoms with Gasteiger partial charge in [0.25, 0.3) is 5.91 Å². The third-order valence-electron chi connectivity index (χ3n) is 8.80. The van der Waals surface area contributed by atoms with Crippen LogP contribution < -0.4 is 21.3 Å². The number of aliphatic carboxylic acids is 1. The highest BCUT2D eigenvalue weighted by Gasteiger charge is 2.32. The number of amides is 3. The number of rotatable bonds is 23. The summed E-state index contributed by atoms with van der Waals surface area (Å²) in [5.74, 6) is -3.25. The van der Waals surface area contributed by atoms with Gasteiger partial charge >= 0.3 is 11.9 Å². The Morgan fingerprint density at radius 3 is 2.24 bits per heavy atom. The number of hydrogen-bond acceptors (Lipinski definition) is 9. The van der Waals surface area contributed by atoms with Gasteiger partial charge < -0.3 is 31.1 Å². The number of ether oxygens (including phenoxy) is 1. The molecule has 0 saturated carbocycles. The molecule has 50 heavy (non-hydrogen) atoms. The van der Waals surface area contributed by atoms with Crippen molar-refractivity contribution in [2.75, 3.05) is 13.6 Å². The molecule has 0 aliphatic rings. The molecule has 0 unspecified atom stereocenters. The first-order valence-electron chi connectivity index (χ1n) is 17.7. The van der Waals surface area contributed by atoms with Crippen molar-refractivity contribution < 1.29 is 33.8 Å². The molecule has 1 aromatic carbocycles. The monoisotopic (exact) mass is 715 g/mol. The summed E-state index contributed by atoms with van der Waals surface area (Å²) in [6.07, 6.45) is 3.71. The van der Waals surface area contributed by atoms with E-state index in [1.165, 1.54) is 18.3 Å². The number of carbonyl (C=O) groups is 5. The zero-order chi connectivity index (χ0) is 37.2. The van der Waals surface area contributed by atoms with Crippen molar-refractivity contribution >= 4 is 41.0 Å². The fourth-order valence-electron chi connectivity index (χ4n) is 5.53. The molecule has 2 rings (SSSR count). The van der Waals surface area contributed by atoms with Crippen LogP contribution in [-0.4, -0.2) is 71.5 Å². The summed E-state index contributed by atoms with van der Waals surface area (Å²) in [6.45, 7) is 11.6. The number of carboxylic acid groups (broad SMARTS) is 1. The molecule has 6 atom stereocenters. The zero-order valence-electron chi connectivity index (χ0n) is 30.6. The van der Waals surface area contributed by atoms with Crippen molar-refractivity contribution in [3.8, 4) is 0 Å². The van der Waals surface area contributed by atoms with E-state index >= 15 is 0 Å². The van der Waals surface area contributed by atoms with E-state index in [2.05, 4.69) is 26.3 Å². The molecule has 1 heterocycles. The van der Waals surface area contributed by atoms with Gasteiger partial charge in [-0.15, -0.1) is 11.3 Å². The Hall–Kier alpha value is -3.84. The first-order valence-corrected chi connectivity index (χ1v) is 18.6. The van der Waals surface area contributed by atoms with Crippen LogP contribution in [0.1, 0.15) is 114 Å². The predicted octanol–water partition coefficient (Wildman–Crippen LogP) is 5.04. The Balaban J connectivity index is 2.20. The van der Waals surface area contributed by atoms with Crippen LogP contribution >= 0.6 is 11.3 Å². The molecular weight excluding hydrogens is 659 g/mol. The maximum Gasteiger partial charge on any atom is 0.306 e. The molecule has 1 aromatic heterocycles. The summed E-state index contributed by atoms with van der Waals surface area (Å²) in [5.41, 5.74) is 1.08. The van der Waals surface area contributed by atoms with Gasteiger partial charge in [-0.2, -0.15) is 0 Å². The number of aromatic nitrogens is 1. The summed E-state index contributed by atoms with van der Waals surface area (Å²) in [4.78, 5) is 68.2. The number of unbranched alkanes of at least 4 members (excludes halogenated alkanes) is 2. The van der Waals surface area contributed by atoms with Crippen LogP contribution in [0.15, 0.2) is 35.7 Å². The maximum absolute atomic E-state index is 13.7. The average Bonchev–Trinajstić information content (AvgIpc) is 3.57. The highest BCUT2D eigenvalue weighted by molar-refractivity contribution is 7.09. The quantitative estimate of drug-likeness (QED) is 0.0780. The van der Waals surface area contributed by atoms with Crippen molar-refractivity contribution in [3.63, 3.8) is 0 Å². The second-order valence-electron chi connectivity index (χ2n) is 13.4. The molecule has 3 amide bonds. The maximum atomic E-state index is 13.7. The Bertz CT molecular complexity index is 1370. The van der Waals surface area contributed by atoms with Crippen molar-refractivity contribution in [3.05, 3.63) is 52.0 Å². The number of benzene rings is 1. The average molecular weight is 716 g/mol. The molecule has 278 valence electrons. The SMILES string of the molecule is CC[C@H](C)[C@H](NC(=O)CCCCCNC)C(=O)N[C@H](C[C@@H](OC(C)=O)c1nc(C(=O)N[C@@H](Cc2ccccc2)C[C@H](C)C(=O)O)cs1)C(C)C. The van der Waals surface area contributed by atoms with Gasteiger partial charge in [0.05, 0.1) is 5.92 Å². The van der Waals surface area contributed by atoms with Crippen LogP contribution in [0.5, 0.6) is 0 Å². The van der Waals surface area contributed by atoms with Crippen LogP contribution in [0.4, 0.5) is 0 Å². The molecule has 2 aromatic rings. The first-order chi connectivity index (χ1) is 23.7. The fourth-order valence-corrected chi connectivity index (χ4v) is 6.37. The molecule has 13 heteroatoms. The van der Waals surface area contributed by atoms with E-state index in [1.54, 1.807) is 12.3 Å². The molecule has 0 fully saturated rings. The summed E-state index contributed by atoms with van der Waals surface area (Å²) in [5, 5.41) is 23.6. The molecule has 0 spiro atoms. The number of hydrogen-bond donors (Lipinski definition) is 5. The van der Waals surface area contributed by atoms with E-state index in [1.807, 2.05) is 65.1 Å². The third-order valence-corrected chi connectivity index (χ3v) is 9.74. The van der Waals surface area contributed by atoms with Crippen molar-refractivity contribution in [2.45, 2.75) is 117 Å². The van der Waals surface area contributed by atoms with E-state index in [-0.39, 0.29) is 42.2 Å². The Labute approximate surface area is 300 Å². The van der Waals surface area contributed by atoms with Gasteiger partial charge in [-0.25, -0.2) is 4.98 Å². The first kappa shape index (κ1) is 42.3. The highest BCUT2D eigenvalue weighted by atomic mass is 32.1. The van der Waals surface area contributed by atoms with Gasteiger partial charge in [0.15, 0.2) is 6.10 Å². The summed E-state index contributed by atoms with van der Waals surface area (Å²) < 4.78 is 5.68. The van der Waals surface area contributed by atoms with Crippen molar-refractivity contribution in [1.29, 1.82) is 0 Å². The molecule has 0 aliphatic carbocycles. The van der Waals surface area contributed by atoms with E-state index < -0.39 is 48.0 Å². The lowest BCUT2D eigenvalue weighted by atomic mass is 9.94. The topological polar surface area (TPSA) is 176 Å². The molecule has 0 radical (unpaired) electrons. The second-order valence-corrected chi connectivity index (χ2v) is 14.3. The minimum absolute atomic E-state index is 0.0600. The number of esters is 1. The van der Waals surface area contributed by atoms with Gasteiger partial charge in [0.1, 0.15) is 16.7 Å². The van der Waals surface area contributed by atoms with Crippen molar-refractivity contribution in [1.82, 2.24) is 26.3 Å². The highest BCUT2D eigenvalue weighted by Crippen LogP contribution is 2.29. The smallest absolute Gasteiger partial charge is 0.306 e. The molecular formula is C37H57N5O7S. The Kier molecular flexibility index (Phi) is 18.7. The van der Waals surface area contributed by atoms with Crippen LogP contribution in [0.3, 0.4) is 0 Å². The van der Waals surface area contributed by atoms with Gasteiger partial charge in [-0.3, -0.25) is 24.0 Å². The number of carbonyl (C=O) groups excluding carboxylic acids is 4.